The number of hydrogen-bond acceptors (Lipinski definition) is 1. The molecular weight excluding hydrogens is 124 g/mol. The van der Waals surface area contributed by atoms with E-state index in [1.54, 1.807) is 0 Å². The third-order valence-electron chi connectivity index (χ3n) is 1.65. The van der Waals surface area contributed by atoms with E-state index in [-0.39, 0.29) is 11.7 Å². The second-order valence-corrected chi connectivity index (χ2v) is 2.69. The minimum Gasteiger partial charge on any atom is -0.298 e. The highest BCUT2D eigenvalue weighted by Gasteiger charge is 2.37. The molecular formula is C6H9ClO. The average molecular weight is 133 g/mol. The van der Waals surface area contributed by atoms with Crippen LogP contribution in [0.1, 0.15) is 13.3 Å². The van der Waals surface area contributed by atoms with Crippen LogP contribution in [0.25, 0.3) is 0 Å². The Morgan fingerprint density at radius 3 is 2.50 bits per heavy atom. The molecule has 46 valence electrons. The minimum atomic E-state index is 0.203. The van der Waals surface area contributed by atoms with Crippen LogP contribution in [-0.2, 0) is 4.79 Å². The first kappa shape index (κ1) is 6.09. The van der Waals surface area contributed by atoms with Crippen LogP contribution >= 0.6 is 11.6 Å². The number of halogens is 1. The summed E-state index contributed by atoms with van der Waals surface area (Å²) in [6, 6.07) is 0. The van der Waals surface area contributed by atoms with Gasteiger partial charge in [-0.15, -0.1) is 11.6 Å². The lowest BCUT2D eigenvalue weighted by atomic mass is 10.2. The van der Waals surface area contributed by atoms with Crippen molar-refractivity contribution < 1.29 is 4.79 Å². The summed E-state index contributed by atoms with van der Waals surface area (Å²) < 4.78 is 0. The second-order valence-electron chi connectivity index (χ2n) is 2.42. The maximum Gasteiger partial charge on any atom is 0.150 e. The molecule has 2 unspecified atom stereocenters. The molecule has 0 aliphatic heterocycles. The maximum absolute atomic E-state index is 10.7. The van der Waals surface area contributed by atoms with Crippen LogP contribution in [0.4, 0.5) is 0 Å². The van der Waals surface area contributed by atoms with E-state index in [1.807, 2.05) is 0 Å². The Kier molecular flexibility index (Phi) is 1.57. The van der Waals surface area contributed by atoms with Crippen molar-refractivity contribution in [3.63, 3.8) is 0 Å². The van der Waals surface area contributed by atoms with E-state index in [0.29, 0.717) is 11.8 Å². The van der Waals surface area contributed by atoms with Crippen LogP contribution in [0.3, 0.4) is 0 Å². The van der Waals surface area contributed by atoms with Gasteiger partial charge in [0.2, 0.25) is 0 Å². The van der Waals surface area contributed by atoms with E-state index in [1.165, 1.54) is 0 Å². The molecule has 2 heteroatoms. The zero-order chi connectivity index (χ0) is 6.15. The summed E-state index contributed by atoms with van der Waals surface area (Å²) in [5.41, 5.74) is 0. The Morgan fingerprint density at radius 2 is 2.38 bits per heavy atom. The lowest BCUT2D eigenvalue weighted by Gasteiger charge is -1.86. The maximum atomic E-state index is 10.7. The molecule has 1 rings (SSSR count). The summed E-state index contributed by atoms with van der Waals surface area (Å²) in [5.74, 6) is 1.35. The van der Waals surface area contributed by atoms with Crippen molar-refractivity contribution in [3.8, 4) is 0 Å². The van der Waals surface area contributed by atoms with Crippen molar-refractivity contribution >= 4 is 17.4 Å². The third-order valence-corrected chi connectivity index (χ3v) is 1.92. The van der Waals surface area contributed by atoms with Crippen LogP contribution < -0.4 is 0 Å². The Hall–Kier alpha value is -0.0400. The van der Waals surface area contributed by atoms with Gasteiger partial charge in [-0.1, -0.05) is 6.92 Å². The number of Topliss-reactive ketones (excluding diaryl/α,β-unsaturated/α-hetero) is 1. The zero-order valence-electron chi connectivity index (χ0n) is 4.86. The van der Waals surface area contributed by atoms with Gasteiger partial charge >= 0.3 is 0 Å². The van der Waals surface area contributed by atoms with Gasteiger partial charge in [0.15, 0.2) is 5.78 Å². The smallest absolute Gasteiger partial charge is 0.150 e. The second kappa shape index (κ2) is 2.06. The zero-order valence-corrected chi connectivity index (χ0v) is 5.61. The van der Waals surface area contributed by atoms with Gasteiger partial charge in [0.1, 0.15) is 0 Å². The summed E-state index contributed by atoms with van der Waals surface area (Å²) in [6.07, 6.45) is 1.06. The highest BCUT2D eigenvalue weighted by Crippen LogP contribution is 2.38. The molecule has 0 heterocycles. The van der Waals surface area contributed by atoms with Crippen molar-refractivity contribution in [2.45, 2.75) is 13.3 Å². The fraction of sp³-hybridized carbons (Fsp3) is 0.833. The van der Waals surface area contributed by atoms with Crippen LogP contribution in [0.5, 0.6) is 0 Å². The van der Waals surface area contributed by atoms with Gasteiger partial charge in [0, 0.05) is 5.92 Å². The Morgan fingerprint density at radius 1 is 1.88 bits per heavy atom. The molecule has 1 aliphatic carbocycles. The molecule has 1 nitrogen and oxygen atoms in total. The number of ketones is 1. The number of alkyl halides is 1. The van der Waals surface area contributed by atoms with Gasteiger partial charge in [-0.25, -0.2) is 0 Å². The van der Waals surface area contributed by atoms with E-state index < -0.39 is 0 Å². The van der Waals surface area contributed by atoms with E-state index in [2.05, 4.69) is 6.92 Å². The summed E-state index contributed by atoms with van der Waals surface area (Å²) in [5, 5.41) is 0. The summed E-state index contributed by atoms with van der Waals surface area (Å²) >= 11 is 5.30. The Bertz CT molecular complexity index is 111. The van der Waals surface area contributed by atoms with Crippen molar-refractivity contribution in [1.29, 1.82) is 0 Å². The topological polar surface area (TPSA) is 17.1 Å². The minimum absolute atomic E-state index is 0.203. The first-order valence-corrected chi connectivity index (χ1v) is 3.38. The van der Waals surface area contributed by atoms with Crippen molar-refractivity contribution in [2.24, 2.45) is 11.8 Å². The van der Waals surface area contributed by atoms with Crippen LogP contribution in [0, 0.1) is 11.8 Å². The number of hydrogen-bond donors (Lipinski definition) is 0. The molecule has 0 spiro atoms. The molecule has 0 N–H and O–H groups in total. The van der Waals surface area contributed by atoms with E-state index in [9.17, 15) is 4.79 Å². The van der Waals surface area contributed by atoms with E-state index in [4.69, 9.17) is 11.6 Å². The molecule has 1 fully saturated rings. The molecule has 1 saturated carbocycles. The van der Waals surface area contributed by atoms with Gasteiger partial charge in [-0.05, 0) is 12.3 Å². The molecule has 0 amide bonds. The predicted molar refractivity (Wildman–Crippen MR) is 33.0 cm³/mol. The molecule has 0 bridgehead atoms. The largest absolute Gasteiger partial charge is 0.298 e. The lowest BCUT2D eigenvalue weighted by Crippen LogP contribution is -2.01. The molecule has 0 aromatic heterocycles. The van der Waals surface area contributed by atoms with Gasteiger partial charge in [0.25, 0.3) is 0 Å². The molecule has 0 radical (unpaired) electrons. The summed E-state index contributed by atoms with van der Waals surface area (Å²) in [4.78, 5) is 10.7. The van der Waals surface area contributed by atoms with E-state index >= 15 is 0 Å². The summed E-state index contributed by atoms with van der Waals surface area (Å²) in [7, 11) is 0. The van der Waals surface area contributed by atoms with Crippen LogP contribution in [0.2, 0.25) is 0 Å². The first-order valence-electron chi connectivity index (χ1n) is 2.84. The van der Waals surface area contributed by atoms with Gasteiger partial charge < -0.3 is 0 Å². The molecule has 8 heavy (non-hydrogen) atoms. The summed E-state index contributed by atoms with van der Waals surface area (Å²) in [6.45, 7) is 2.08. The van der Waals surface area contributed by atoms with Crippen LogP contribution in [0.15, 0.2) is 0 Å². The SMILES string of the molecule is CC1CC1C(=O)CCl. The Balaban J connectivity index is 2.28. The average Bonchev–Trinajstić information content (AvgIpc) is 2.45. The number of rotatable bonds is 2. The highest BCUT2D eigenvalue weighted by atomic mass is 35.5. The number of carbonyl (C=O) groups is 1. The normalized spacial score (nSPS) is 34.8. The third kappa shape index (κ3) is 1.03. The molecule has 0 aromatic carbocycles. The lowest BCUT2D eigenvalue weighted by molar-refractivity contribution is -0.118. The quantitative estimate of drug-likeness (QED) is 0.520. The van der Waals surface area contributed by atoms with Crippen molar-refractivity contribution in [1.82, 2.24) is 0 Å². The molecule has 1 aliphatic rings. The van der Waals surface area contributed by atoms with Crippen molar-refractivity contribution in [2.75, 3.05) is 5.88 Å². The molecule has 0 saturated heterocycles. The predicted octanol–water partition coefficient (Wildman–Crippen LogP) is 1.45. The van der Waals surface area contributed by atoms with E-state index in [0.717, 1.165) is 6.42 Å². The fourth-order valence-electron chi connectivity index (χ4n) is 0.870. The van der Waals surface area contributed by atoms with Gasteiger partial charge in [-0.2, -0.15) is 0 Å². The standard InChI is InChI=1S/C6H9ClO/c1-4-2-5(4)6(8)3-7/h4-5H,2-3H2,1H3. The molecule has 0 aromatic rings. The molecule has 2 atom stereocenters. The monoisotopic (exact) mass is 132 g/mol. The number of carbonyl (C=O) groups excluding carboxylic acids is 1. The first-order chi connectivity index (χ1) is 3.75. The van der Waals surface area contributed by atoms with Crippen molar-refractivity contribution in [3.05, 3.63) is 0 Å². The fourth-order valence-corrected chi connectivity index (χ4v) is 1.07. The Labute approximate surface area is 54.0 Å². The highest BCUT2D eigenvalue weighted by molar-refractivity contribution is 6.28. The van der Waals surface area contributed by atoms with Crippen LogP contribution in [-0.4, -0.2) is 11.7 Å². The van der Waals surface area contributed by atoms with Gasteiger partial charge in [0.05, 0.1) is 5.88 Å². The van der Waals surface area contributed by atoms with Gasteiger partial charge in [-0.3, -0.25) is 4.79 Å².